The maximum atomic E-state index is 11.5. The zero-order valence-electron chi connectivity index (χ0n) is 11.9. The molecule has 5 heteroatoms. The molecule has 110 valence electrons. The van der Waals surface area contributed by atoms with Crippen molar-refractivity contribution in [3.63, 3.8) is 0 Å². The van der Waals surface area contributed by atoms with Crippen LogP contribution in [0.2, 0.25) is 0 Å². The average Bonchev–Trinajstić information content (AvgIpc) is 2.68. The van der Waals surface area contributed by atoms with Crippen LogP contribution in [0.3, 0.4) is 0 Å². The molecule has 1 aliphatic heterocycles. The Morgan fingerprint density at radius 1 is 1.45 bits per heavy atom. The van der Waals surface area contributed by atoms with Gasteiger partial charge in [0.2, 0.25) is 0 Å². The van der Waals surface area contributed by atoms with Crippen LogP contribution < -0.4 is 0 Å². The van der Waals surface area contributed by atoms with E-state index in [2.05, 4.69) is 17.0 Å². The third-order valence-corrected chi connectivity index (χ3v) is 3.78. The maximum Gasteiger partial charge on any atom is 0.168 e. The Morgan fingerprint density at radius 3 is 2.80 bits per heavy atom. The first-order chi connectivity index (χ1) is 9.75. The second-order valence-electron chi connectivity index (χ2n) is 5.29. The van der Waals surface area contributed by atoms with Gasteiger partial charge in [0, 0.05) is 13.1 Å². The van der Waals surface area contributed by atoms with E-state index in [1.165, 1.54) is 0 Å². The Hall–Kier alpha value is -1.30. The fourth-order valence-electron chi connectivity index (χ4n) is 2.78. The van der Waals surface area contributed by atoms with Gasteiger partial charge in [0.15, 0.2) is 5.54 Å². The third kappa shape index (κ3) is 3.06. The van der Waals surface area contributed by atoms with Gasteiger partial charge in [-0.15, -0.1) is 4.91 Å². The molecule has 1 saturated heterocycles. The molecular formula is C15H22N2O3. The topological polar surface area (TPSA) is 62.1 Å². The monoisotopic (exact) mass is 278 g/mol. The van der Waals surface area contributed by atoms with Gasteiger partial charge in [-0.1, -0.05) is 42.4 Å². The van der Waals surface area contributed by atoms with Crippen molar-refractivity contribution < 1.29 is 9.84 Å². The lowest BCUT2D eigenvalue weighted by atomic mass is 9.88. The van der Waals surface area contributed by atoms with Crippen molar-refractivity contribution in [2.75, 3.05) is 32.8 Å². The number of aliphatic hydroxyl groups excluding tert-OH is 1. The highest BCUT2D eigenvalue weighted by Gasteiger charge is 2.45. The highest BCUT2D eigenvalue weighted by atomic mass is 16.5. The van der Waals surface area contributed by atoms with Crippen LogP contribution in [0.1, 0.15) is 25.0 Å². The van der Waals surface area contributed by atoms with Crippen molar-refractivity contribution in [3.05, 3.63) is 40.8 Å². The molecule has 1 heterocycles. The highest BCUT2D eigenvalue weighted by molar-refractivity contribution is 5.23. The first-order valence-corrected chi connectivity index (χ1v) is 7.10. The minimum atomic E-state index is -1.13. The van der Waals surface area contributed by atoms with Crippen molar-refractivity contribution in [1.29, 1.82) is 0 Å². The zero-order chi connectivity index (χ0) is 14.4. The molecule has 1 aliphatic rings. The van der Waals surface area contributed by atoms with Crippen LogP contribution in [0, 0.1) is 4.91 Å². The van der Waals surface area contributed by atoms with Gasteiger partial charge < -0.3 is 9.84 Å². The maximum absolute atomic E-state index is 11.5. The van der Waals surface area contributed by atoms with E-state index in [1.54, 1.807) is 0 Å². The smallest absolute Gasteiger partial charge is 0.168 e. The highest BCUT2D eigenvalue weighted by Crippen LogP contribution is 2.35. The van der Waals surface area contributed by atoms with E-state index in [0.717, 1.165) is 25.1 Å². The zero-order valence-corrected chi connectivity index (χ0v) is 11.9. The van der Waals surface area contributed by atoms with Crippen LogP contribution in [0.25, 0.3) is 0 Å². The predicted molar refractivity (Wildman–Crippen MR) is 77.5 cm³/mol. The molecule has 5 nitrogen and oxygen atoms in total. The summed E-state index contributed by atoms with van der Waals surface area (Å²) < 4.78 is 5.87. The van der Waals surface area contributed by atoms with Crippen LogP contribution in [0.15, 0.2) is 35.5 Å². The summed E-state index contributed by atoms with van der Waals surface area (Å²) in [6.45, 7) is 4.39. The summed E-state index contributed by atoms with van der Waals surface area (Å²) in [7, 11) is 0. The van der Waals surface area contributed by atoms with Crippen LogP contribution in [-0.2, 0) is 4.74 Å². The number of ether oxygens (including phenoxy) is 1. The van der Waals surface area contributed by atoms with E-state index in [-0.39, 0.29) is 6.61 Å². The summed E-state index contributed by atoms with van der Waals surface area (Å²) in [5.41, 5.74) is -0.243. The van der Waals surface area contributed by atoms with Gasteiger partial charge in [-0.2, -0.15) is 0 Å². The summed E-state index contributed by atoms with van der Waals surface area (Å²) in [6, 6.07) is 9.55. The molecule has 0 bridgehead atoms. The minimum absolute atomic E-state index is 0.309. The van der Waals surface area contributed by atoms with Crippen molar-refractivity contribution in [2.45, 2.75) is 25.0 Å². The molecular weight excluding hydrogens is 256 g/mol. The van der Waals surface area contributed by atoms with Gasteiger partial charge in [0.1, 0.15) is 6.10 Å². The van der Waals surface area contributed by atoms with E-state index < -0.39 is 11.6 Å². The quantitative estimate of drug-likeness (QED) is 0.836. The molecule has 0 aromatic heterocycles. The lowest BCUT2D eigenvalue weighted by Gasteiger charge is -2.33. The van der Waals surface area contributed by atoms with E-state index in [4.69, 9.17) is 4.74 Å². The molecule has 0 spiro atoms. The Kier molecular flexibility index (Phi) is 5.23. The average molecular weight is 278 g/mol. The van der Waals surface area contributed by atoms with Gasteiger partial charge in [-0.05, 0) is 18.5 Å². The number of aliphatic hydroxyl groups is 1. The van der Waals surface area contributed by atoms with E-state index in [9.17, 15) is 10.0 Å². The van der Waals surface area contributed by atoms with Crippen molar-refractivity contribution in [1.82, 2.24) is 4.90 Å². The molecule has 20 heavy (non-hydrogen) atoms. The molecule has 0 aliphatic carbocycles. The van der Waals surface area contributed by atoms with Gasteiger partial charge in [-0.3, -0.25) is 4.90 Å². The Bertz CT molecular complexity index is 426. The van der Waals surface area contributed by atoms with Crippen LogP contribution in [0.4, 0.5) is 0 Å². The summed E-state index contributed by atoms with van der Waals surface area (Å²) in [5, 5.41) is 13.1. The van der Waals surface area contributed by atoms with Crippen LogP contribution in [0.5, 0.6) is 0 Å². The van der Waals surface area contributed by atoms with Crippen molar-refractivity contribution in [2.24, 2.45) is 5.18 Å². The Balaban J connectivity index is 2.31. The second-order valence-corrected chi connectivity index (χ2v) is 5.29. The summed E-state index contributed by atoms with van der Waals surface area (Å²) in [5.74, 6) is 0. The molecule has 1 aromatic carbocycles. The van der Waals surface area contributed by atoms with Crippen LogP contribution >= 0.6 is 0 Å². The lowest BCUT2D eigenvalue weighted by Crippen LogP contribution is -2.47. The van der Waals surface area contributed by atoms with Crippen molar-refractivity contribution >= 4 is 0 Å². The molecule has 2 unspecified atom stereocenters. The number of hydrogen-bond donors (Lipinski definition) is 1. The first kappa shape index (κ1) is 15.1. The number of rotatable bonds is 5. The number of benzene rings is 1. The fraction of sp³-hybridized carbons (Fsp3) is 0.600. The third-order valence-electron chi connectivity index (χ3n) is 3.78. The van der Waals surface area contributed by atoms with Crippen molar-refractivity contribution in [3.8, 4) is 0 Å². The summed E-state index contributed by atoms with van der Waals surface area (Å²) in [4.78, 5) is 13.6. The molecule has 1 aromatic rings. The minimum Gasteiger partial charge on any atom is -0.394 e. The first-order valence-electron chi connectivity index (χ1n) is 7.10. The van der Waals surface area contributed by atoms with Gasteiger partial charge >= 0.3 is 0 Å². The van der Waals surface area contributed by atoms with E-state index >= 15 is 0 Å². The molecule has 1 fully saturated rings. The van der Waals surface area contributed by atoms with Crippen LogP contribution in [-0.4, -0.2) is 48.4 Å². The second kappa shape index (κ2) is 6.92. The normalized spacial score (nSPS) is 28.0. The fourth-order valence-corrected chi connectivity index (χ4v) is 2.78. The lowest BCUT2D eigenvalue weighted by molar-refractivity contribution is -0.00490. The number of nitrogens with zero attached hydrogens (tertiary/aromatic N) is 2. The SMILES string of the molecule is CCCN1CCOC(c2ccccc2)C(CO)(N=O)C1. The van der Waals surface area contributed by atoms with Gasteiger partial charge in [0.05, 0.1) is 13.2 Å². The molecule has 2 atom stereocenters. The molecule has 0 amide bonds. The number of hydrogen-bond acceptors (Lipinski definition) is 5. The standard InChI is InChI=1S/C15H22N2O3/c1-2-8-17-9-10-20-14(13-6-4-3-5-7-13)15(11-17,12-18)16-19/h3-7,14,18H,2,8-12H2,1H3. The molecule has 2 rings (SSSR count). The number of nitroso groups, excluding NO2 is 1. The van der Waals surface area contributed by atoms with E-state index in [1.807, 2.05) is 30.3 Å². The Morgan fingerprint density at radius 2 is 2.20 bits per heavy atom. The summed E-state index contributed by atoms with van der Waals surface area (Å²) in [6.07, 6.45) is 0.504. The van der Waals surface area contributed by atoms with Gasteiger partial charge in [0.25, 0.3) is 0 Å². The largest absolute Gasteiger partial charge is 0.394 e. The van der Waals surface area contributed by atoms with E-state index in [0.29, 0.717) is 13.2 Å². The molecule has 0 radical (unpaired) electrons. The van der Waals surface area contributed by atoms with Gasteiger partial charge in [-0.25, -0.2) is 0 Å². The Labute approximate surface area is 119 Å². The predicted octanol–water partition coefficient (Wildman–Crippen LogP) is 1.97. The summed E-state index contributed by atoms with van der Waals surface area (Å²) >= 11 is 0. The molecule has 0 saturated carbocycles. The molecule has 1 N–H and O–H groups in total.